The molecule has 0 saturated heterocycles. The summed E-state index contributed by atoms with van der Waals surface area (Å²) in [5, 5.41) is 5.85. The fourth-order valence-electron chi connectivity index (χ4n) is 3.14. The number of aryl methyl sites for hydroxylation is 1. The molecule has 0 fully saturated rings. The van der Waals surface area contributed by atoms with Crippen molar-refractivity contribution in [3.63, 3.8) is 0 Å². The lowest BCUT2D eigenvalue weighted by molar-refractivity contribution is 0.102. The van der Waals surface area contributed by atoms with Gasteiger partial charge in [0.15, 0.2) is 0 Å². The van der Waals surface area contributed by atoms with Gasteiger partial charge in [-0.1, -0.05) is 61.5 Å². The predicted molar refractivity (Wildman–Crippen MR) is 122 cm³/mol. The van der Waals surface area contributed by atoms with Gasteiger partial charge in [0.25, 0.3) is 5.91 Å². The number of amides is 3. The monoisotopic (exact) mass is 401 g/mol. The summed E-state index contributed by atoms with van der Waals surface area (Å²) in [7, 11) is 0. The summed E-state index contributed by atoms with van der Waals surface area (Å²) in [4.78, 5) is 27.3. The van der Waals surface area contributed by atoms with Crippen LogP contribution in [-0.4, -0.2) is 23.4 Å². The molecule has 0 bridgehead atoms. The van der Waals surface area contributed by atoms with Crippen LogP contribution in [0, 0.1) is 6.92 Å². The normalized spacial score (nSPS) is 10.3. The SMILES string of the molecule is CCCN(Cc1ccccc1)C(=O)Nc1cc(C(=O)Nc2ccccc2)ccc1C. The molecule has 0 radical (unpaired) electrons. The molecule has 2 N–H and O–H groups in total. The van der Waals surface area contributed by atoms with Crippen LogP contribution in [0.15, 0.2) is 78.9 Å². The molecule has 154 valence electrons. The number of anilines is 2. The van der Waals surface area contributed by atoms with Crippen LogP contribution in [0.3, 0.4) is 0 Å². The Labute approximate surface area is 177 Å². The van der Waals surface area contributed by atoms with E-state index >= 15 is 0 Å². The highest BCUT2D eigenvalue weighted by Crippen LogP contribution is 2.19. The Kier molecular flexibility index (Phi) is 7.22. The Morgan fingerprint density at radius 2 is 1.53 bits per heavy atom. The molecular weight excluding hydrogens is 374 g/mol. The van der Waals surface area contributed by atoms with Crippen molar-refractivity contribution >= 4 is 23.3 Å². The molecule has 3 rings (SSSR count). The first-order chi connectivity index (χ1) is 14.6. The van der Waals surface area contributed by atoms with Crippen molar-refractivity contribution < 1.29 is 9.59 Å². The molecule has 0 saturated carbocycles. The minimum absolute atomic E-state index is 0.176. The van der Waals surface area contributed by atoms with Crippen molar-refractivity contribution in [1.82, 2.24) is 4.90 Å². The number of rotatable bonds is 7. The smallest absolute Gasteiger partial charge is 0.322 e. The van der Waals surface area contributed by atoms with Gasteiger partial charge in [0, 0.05) is 30.0 Å². The van der Waals surface area contributed by atoms with Gasteiger partial charge in [-0.05, 0) is 48.7 Å². The number of hydrogen-bond donors (Lipinski definition) is 2. The van der Waals surface area contributed by atoms with E-state index < -0.39 is 0 Å². The van der Waals surface area contributed by atoms with E-state index in [1.807, 2.05) is 80.6 Å². The molecule has 0 atom stereocenters. The zero-order valence-electron chi connectivity index (χ0n) is 17.4. The van der Waals surface area contributed by atoms with E-state index in [2.05, 4.69) is 10.6 Å². The molecule has 0 aliphatic carbocycles. The third-order valence-corrected chi connectivity index (χ3v) is 4.77. The van der Waals surface area contributed by atoms with Crippen LogP contribution in [0.25, 0.3) is 0 Å². The zero-order chi connectivity index (χ0) is 21.3. The van der Waals surface area contributed by atoms with E-state index in [4.69, 9.17) is 0 Å². The number of nitrogens with one attached hydrogen (secondary N) is 2. The minimum atomic E-state index is -0.216. The Morgan fingerprint density at radius 3 is 2.20 bits per heavy atom. The van der Waals surface area contributed by atoms with Gasteiger partial charge in [-0.25, -0.2) is 4.79 Å². The number of benzene rings is 3. The largest absolute Gasteiger partial charge is 0.322 e. The van der Waals surface area contributed by atoms with Crippen molar-refractivity contribution in [1.29, 1.82) is 0 Å². The van der Waals surface area contributed by atoms with E-state index in [0.29, 0.717) is 24.3 Å². The van der Waals surface area contributed by atoms with Crippen LogP contribution in [0.5, 0.6) is 0 Å². The molecule has 0 aliphatic rings. The van der Waals surface area contributed by atoms with Gasteiger partial charge in [-0.2, -0.15) is 0 Å². The number of para-hydroxylation sites is 1. The maximum Gasteiger partial charge on any atom is 0.322 e. The lowest BCUT2D eigenvalue weighted by Crippen LogP contribution is -2.35. The maximum atomic E-state index is 12.9. The van der Waals surface area contributed by atoms with E-state index in [0.717, 1.165) is 23.2 Å². The van der Waals surface area contributed by atoms with E-state index in [-0.39, 0.29) is 11.9 Å². The van der Waals surface area contributed by atoms with Gasteiger partial charge >= 0.3 is 6.03 Å². The summed E-state index contributed by atoms with van der Waals surface area (Å²) in [6, 6.07) is 24.4. The van der Waals surface area contributed by atoms with Crippen molar-refractivity contribution in [2.75, 3.05) is 17.2 Å². The first-order valence-electron chi connectivity index (χ1n) is 10.1. The Bertz CT molecular complexity index is 988. The molecular formula is C25H27N3O2. The van der Waals surface area contributed by atoms with Gasteiger partial charge in [0.05, 0.1) is 0 Å². The van der Waals surface area contributed by atoms with Crippen molar-refractivity contribution in [2.45, 2.75) is 26.8 Å². The van der Waals surface area contributed by atoms with Gasteiger partial charge < -0.3 is 15.5 Å². The minimum Gasteiger partial charge on any atom is -0.322 e. The molecule has 5 nitrogen and oxygen atoms in total. The number of carbonyl (C=O) groups excluding carboxylic acids is 2. The molecule has 3 aromatic rings. The summed E-state index contributed by atoms with van der Waals surface area (Å²) < 4.78 is 0. The van der Waals surface area contributed by atoms with E-state index in [1.165, 1.54) is 0 Å². The summed E-state index contributed by atoms with van der Waals surface area (Å²) in [6.45, 7) is 5.14. The van der Waals surface area contributed by atoms with E-state index in [9.17, 15) is 9.59 Å². The lowest BCUT2D eigenvalue weighted by atomic mass is 10.1. The average molecular weight is 402 g/mol. The Morgan fingerprint density at radius 1 is 0.867 bits per heavy atom. The summed E-state index contributed by atoms with van der Waals surface area (Å²) in [5.41, 5.74) is 3.83. The second-order valence-corrected chi connectivity index (χ2v) is 7.19. The van der Waals surface area contributed by atoms with Crippen LogP contribution in [-0.2, 0) is 6.54 Å². The molecule has 0 heterocycles. The van der Waals surface area contributed by atoms with Gasteiger partial charge in [0.1, 0.15) is 0 Å². The Hall–Kier alpha value is -3.60. The fourth-order valence-corrected chi connectivity index (χ4v) is 3.14. The highest BCUT2D eigenvalue weighted by atomic mass is 16.2. The summed E-state index contributed by atoms with van der Waals surface area (Å²) in [6.07, 6.45) is 0.860. The molecule has 0 unspecified atom stereocenters. The summed E-state index contributed by atoms with van der Waals surface area (Å²) in [5.74, 6) is -0.216. The van der Waals surface area contributed by atoms with E-state index in [1.54, 1.807) is 17.0 Å². The zero-order valence-corrected chi connectivity index (χ0v) is 17.4. The number of urea groups is 1. The van der Waals surface area contributed by atoms with Crippen molar-refractivity contribution in [3.05, 3.63) is 95.6 Å². The summed E-state index contributed by atoms with van der Waals surface area (Å²) >= 11 is 0. The number of carbonyl (C=O) groups is 2. The Balaban J connectivity index is 1.73. The van der Waals surface area contributed by atoms with Crippen LogP contribution in [0.4, 0.5) is 16.2 Å². The van der Waals surface area contributed by atoms with Crippen LogP contribution >= 0.6 is 0 Å². The van der Waals surface area contributed by atoms with Crippen LogP contribution in [0.1, 0.15) is 34.8 Å². The second kappa shape index (κ2) is 10.3. The lowest BCUT2D eigenvalue weighted by Gasteiger charge is -2.23. The highest BCUT2D eigenvalue weighted by Gasteiger charge is 2.16. The van der Waals surface area contributed by atoms with Gasteiger partial charge in [-0.15, -0.1) is 0 Å². The van der Waals surface area contributed by atoms with Crippen molar-refractivity contribution in [2.24, 2.45) is 0 Å². The topological polar surface area (TPSA) is 61.4 Å². The average Bonchev–Trinajstić information content (AvgIpc) is 2.76. The number of nitrogens with zero attached hydrogens (tertiary/aromatic N) is 1. The molecule has 3 amide bonds. The van der Waals surface area contributed by atoms with Gasteiger partial charge in [0.2, 0.25) is 0 Å². The van der Waals surface area contributed by atoms with Crippen LogP contribution < -0.4 is 10.6 Å². The highest BCUT2D eigenvalue weighted by molar-refractivity contribution is 6.05. The van der Waals surface area contributed by atoms with Gasteiger partial charge in [-0.3, -0.25) is 4.79 Å². The molecule has 3 aromatic carbocycles. The molecule has 5 heteroatoms. The standard InChI is InChI=1S/C25H27N3O2/c1-3-16-28(18-20-10-6-4-7-11-20)25(30)27-23-17-21(15-14-19(23)2)24(29)26-22-12-8-5-9-13-22/h4-15,17H,3,16,18H2,1-2H3,(H,26,29)(H,27,30). The third kappa shape index (κ3) is 5.70. The first kappa shape index (κ1) is 21.1. The van der Waals surface area contributed by atoms with Crippen molar-refractivity contribution in [3.8, 4) is 0 Å². The maximum absolute atomic E-state index is 12.9. The molecule has 0 aromatic heterocycles. The van der Waals surface area contributed by atoms with Crippen LogP contribution in [0.2, 0.25) is 0 Å². The fraction of sp³-hybridized carbons (Fsp3) is 0.200. The molecule has 0 aliphatic heterocycles. The number of hydrogen-bond acceptors (Lipinski definition) is 2. The quantitative estimate of drug-likeness (QED) is 0.534. The third-order valence-electron chi connectivity index (χ3n) is 4.77. The molecule has 0 spiro atoms. The second-order valence-electron chi connectivity index (χ2n) is 7.19. The predicted octanol–water partition coefficient (Wildman–Crippen LogP) is 5.69. The molecule has 30 heavy (non-hydrogen) atoms. The first-order valence-corrected chi connectivity index (χ1v) is 10.1.